The number of aromatic hydroxyl groups is 2. The monoisotopic (exact) mass is 364 g/mol. The number of rotatable bonds is 5. The third-order valence-electron chi connectivity index (χ3n) is 3.97. The molecule has 0 saturated heterocycles. The Hall–Kier alpha value is -2.45. The van der Waals surface area contributed by atoms with Crippen LogP contribution in [0.1, 0.15) is 17.2 Å². The van der Waals surface area contributed by atoms with Crippen molar-refractivity contribution >= 4 is 15.7 Å². The summed E-state index contributed by atoms with van der Waals surface area (Å²) in [6, 6.07) is 9.67. The molecule has 0 amide bonds. The first-order valence-electron chi connectivity index (χ1n) is 7.80. The molecule has 1 heterocycles. The number of fused-ring (bicyclic) bond motifs is 1. The van der Waals surface area contributed by atoms with E-state index in [9.17, 15) is 18.6 Å². The van der Waals surface area contributed by atoms with Crippen molar-refractivity contribution in [2.24, 2.45) is 0 Å². The Morgan fingerprint density at radius 2 is 1.88 bits per heavy atom. The average Bonchev–Trinajstić information content (AvgIpc) is 2.54. The zero-order valence-corrected chi connectivity index (χ0v) is 14.5. The fraction of sp³-hybridized carbons (Fsp3) is 0.294. The van der Waals surface area contributed by atoms with Crippen molar-refractivity contribution in [2.45, 2.75) is 12.5 Å². The molecule has 0 radical (unpaired) electrons. The molecule has 1 unspecified atom stereocenters. The molecule has 0 aromatic heterocycles. The highest BCUT2D eigenvalue weighted by molar-refractivity contribution is 7.92. The molecular formula is C17H20N2O5S. The molecule has 0 saturated carbocycles. The summed E-state index contributed by atoms with van der Waals surface area (Å²) in [6.07, 6.45) is 1.86. The van der Waals surface area contributed by atoms with Crippen LogP contribution in [0.3, 0.4) is 0 Å². The molecular weight excluding hydrogens is 344 g/mol. The molecule has 1 aliphatic rings. The van der Waals surface area contributed by atoms with Gasteiger partial charge in [0.15, 0.2) is 11.5 Å². The number of nitrogens with one attached hydrogen (secondary N) is 2. The van der Waals surface area contributed by atoms with Gasteiger partial charge in [0.25, 0.3) is 0 Å². The average molecular weight is 364 g/mol. The topological polar surface area (TPSA) is 108 Å². The lowest BCUT2D eigenvalue weighted by molar-refractivity contribution is 0.260. The number of ether oxygens (including phenoxy) is 1. The van der Waals surface area contributed by atoms with Crippen LogP contribution < -0.4 is 14.8 Å². The number of phenols is 2. The lowest BCUT2D eigenvalue weighted by atomic mass is 9.94. The highest BCUT2D eigenvalue weighted by Gasteiger charge is 2.22. The van der Waals surface area contributed by atoms with Crippen LogP contribution in [-0.2, 0) is 16.4 Å². The second kappa shape index (κ2) is 6.81. The number of hydrogen-bond acceptors (Lipinski definition) is 6. The first-order chi connectivity index (χ1) is 11.8. The second-order valence-electron chi connectivity index (χ2n) is 6.01. The van der Waals surface area contributed by atoms with Gasteiger partial charge in [0.05, 0.1) is 12.3 Å². The molecule has 8 heteroatoms. The third kappa shape index (κ3) is 4.34. The van der Waals surface area contributed by atoms with E-state index in [0.717, 1.165) is 30.3 Å². The predicted molar refractivity (Wildman–Crippen MR) is 94.6 cm³/mol. The van der Waals surface area contributed by atoms with Gasteiger partial charge >= 0.3 is 0 Å². The van der Waals surface area contributed by atoms with Gasteiger partial charge < -0.3 is 20.3 Å². The van der Waals surface area contributed by atoms with E-state index in [1.54, 1.807) is 36.4 Å². The molecule has 134 valence electrons. The Morgan fingerprint density at radius 3 is 2.56 bits per heavy atom. The number of hydrogen-bond donors (Lipinski definition) is 4. The molecule has 1 aliphatic heterocycles. The van der Waals surface area contributed by atoms with E-state index in [2.05, 4.69) is 10.0 Å². The summed E-state index contributed by atoms with van der Waals surface area (Å²) >= 11 is 0. The Bertz CT molecular complexity index is 865. The first kappa shape index (κ1) is 17.4. The van der Waals surface area contributed by atoms with Gasteiger partial charge in [-0.2, -0.15) is 0 Å². The van der Waals surface area contributed by atoms with E-state index < -0.39 is 10.0 Å². The van der Waals surface area contributed by atoms with E-state index >= 15 is 0 Å². The summed E-state index contributed by atoms with van der Waals surface area (Å²) in [7, 11) is -3.31. The van der Waals surface area contributed by atoms with Crippen molar-refractivity contribution < 1.29 is 23.4 Å². The summed E-state index contributed by atoms with van der Waals surface area (Å²) in [4.78, 5) is 0. The Kier molecular flexibility index (Phi) is 4.73. The van der Waals surface area contributed by atoms with Crippen molar-refractivity contribution in [1.82, 2.24) is 5.32 Å². The van der Waals surface area contributed by atoms with Crippen molar-refractivity contribution in [3.8, 4) is 17.2 Å². The molecule has 0 spiro atoms. The standard InChI is InChI=1S/C17H20N2O5S/c1-25(22,23)19-12-2-4-13(5-3-12)24-10-15-14-9-17(21)16(20)8-11(14)6-7-18-15/h2-5,8-9,15,18-21H,6-7,10H2,1H3. The summed E-state index contributed by atoms with van der Waals surface area (Å²) in [5.74, 6) is 0.342. The molecule has 4 N–H and O–H groups in total. The van der Waals surface area contributed by atoms with Gasteiger partial charge in [-0.3, -0.25) is 4.72 Å². The van der Waals surface area contributed by atoms with Crippen LogP contribution in [0, 0.1) is 0 Å². The van der Waals surface area contributed by atoms with Crippen LogP contribution in [0.5, 0.6) is 17.2 Å². The van der Waals surface area contributed by atoms with E-state index in [-0.39, 0.29) is 17.5 Å². The van der Waals surface area contributed by atoms with Gasteiger partial charge in [0, 0.05) is 5.69 Å². The third-order valence-corrected chi connectivity index (χ3v) is 4.58. The van der Waals surface area contributed by atoms with Crippen LogP contribution in [0.2, 0.25) is 0 Å². The minimum atomic E-state index is -3.31. The van der Waals surface area contributed by atoms with Crippen LogP contribution in [0.4, 0.5) is 5.69 Å². The van der Waals surface area contributed by atoms with Gasteiger partial charge in [-0.05, 0) is 60.5 Å². The minimum Gasteiger partial charge on any atom is -0.504 e. The number of anilines is 1. The summed E-state index contributed by atoms with van der Waals surface area (Å²) in [5.41, 5.74) is 2.35. The zero-order valence-electron chi connectivity index (χ0n) is 13.7. The van der Waals surface area contributed by atoms with E-state index in [0.29, 0.717) is 18.0 Å². The largest absolute Gasteiger partial charge is 0.504 e. The highest BCUT2D eigenvalue weighted by atomic mass is 32.2. The molecule has 7 nitrogen and oxygen atoms in total. The van der Waals surface area contributed by atoms with Gasteiger partial charge in [0.2, 0.25) is 10.0 Å². The Morgan fingerprint density at radius 1 is 1.20 bits per heavy atom. The van der Waals surface area contributed by atoms with Gasteiger partial charge in [0.1, 0.15) is 12.4 Å². The van der Waals surface area contributed by atoms with Gasteiger partial charge in [-0.15, -0.1) is 0 Å². The molecule has 0 bridgehead atoms. The molecule has 0 fully saturated rings. The fourth-order valence-corrected chi connectivity index (χ4v) is 3.39. The normalized spacial score (nSPS) is 16.9. The van der Waals surface area contributed by atoms with E-state index in [4.69, 9.17) is 4.74 Å². The zero-order chi connectivity index (χ0) is 18.0. The van der Waals surface area contributed by atoms with Crippen molar-refractivity contribution in [3.05, 3.63) is 47.5 Å². The van der Waals surface area contributed by atoms with E-state index in [1.807, 2.05) is 0 Å². The quantitative estimate of drug-likeness (QED) is 0.602. The molecule has 0 aliphatic carbocycles. The maximum atomic E-state index is 11.2. The molecule has 2 aromatic rings. The number of phenolic OH excluding ortho intramolecular Hbond substituents is 2. The molecule has 2 aromatic carbocycles. The molecule has 3 rings (SSSR count). The van der Waals surface area contributed by atoms with Gasteiger partial charge in [-0.1, -0.05) is 0 Å². The van der Waals surface area contributed by atoms with Crippen molar-refractivity contribution in [3.63, 3.8) is 0 Å². The second-order valence-corrected chi connectivity index (χ2v) is 7.75. The van der Waals surface area contributed by atoms with Crippen molar-refractivity contribution in [2.75, 3.05) is 24.1 Å². The summed E-state index contributed by atoms with van der Waals surface area (Å²) in [6.45, 7) is 1.10. The first-order valence-corrected chi connectivity index (χ1v) is 9.70. The number of benzene rings is 2. The lowest BCUT2D eigenvalue weighted by Gasteiger charge is -2.27. The minimum absolute atomic E-state index is 0.107. The Balaban J connectivity index is 1.68. The Labute approximate surface area is 146 Å². The molecule has 25 heavy (non-hydrogen) atoms. The predicted octanol–water partition coefficient (Wildman–Crippen LogP) is 1.74. The van der Waals surface area contributed by atoms with Crippen LogP contribution in [-0.4, -0.2) is 38.0 Å². The van der Waals surface area contributed by atoms with Crippen LogP contribution in [0.15, 0.2) is 36.4 Å². The molecule has 1 atom stereocenters. The maximum absolute atomic E-state index is 11.2. The smallest absolute Gasteiger partial charge is 0.229 e. The highest BCUT2D eigenvalue weighted by Crippen LogP contribution is 2.33. The van der Waals surface area contributed by atoms with Crippen LogP contribution >= 0.6 is 0 Å². The fourth-order valence-electron chi connectivity index (χ4n) is 2.83. The van der Waals surface area contributed by atoms with Gasteiger partial charge in [-0.25, -0.2) is 8.42 Å². The van der Waals surface area contributed by atoms with Crippen LogP contribution in [0.25, 0.3) is 0 Å². The summed E-state index contributed by atoms with van der Waals surface area (Å²) < 4.78 is 30.6. The van der Waals surface area contributed by atoms with Crippen molar-refractivity contribution in [1.29, 1.82) is 0 Å². The number of sulfonamides is 1. The lowest BCUT2D eigenvalue weighted by Crippen LogP contribution is -2.33. The van der Waals surface area contributed by atoms with E-state index in [1.165, 1.54) is 0 Å². The SMILES string of the molecule is CS(=O)(=O)Nc1ccc(OCC2NCCc3cc(O)c(O)cc32)cc1. The summed E-state index contributed by atoms with van der Waals surface area (Å²) in [5, 5.41) is 22.7. The maximum Gasteiger partial charge on any atom is 0.229 e.